The lowest BCUT2D eigenvalue weighted by Crippen LogP contribution is -2.20. The number of hydrogen-bond donors (Lipinski definition) is 3. The van der Waals surface area contributed by atoms with E-state index in [1.54, 1.807) is 18.2 Å². The summed E-state index contributed by atoms with van der Waals surface area (Å²) in [6, 6.07) is 8.29. The minimum Gasteiger partial charge on any atom is -0.507 e. The predicted octanol–water partition coefficient (Wildman–Crippen LogP) is 4.51. The number of hydrogen-bond acceptors (Lipinski definition) is 3. The fourth-order valence-corrected chi connectivity index (χ4v) is 3.27. The van der Waals surface area contributed by atoms with Gasteiger partial charge in [0.05, 0.1) is 5.69 Å². The number of halogens is 1. The van der Waals surface area contributed by atoms with Crippen molar-refractivity contribution in [3.05, 3.63) is 71.1 Å². The van der Waals surface area contributed by atoms with E-state index in [1.807, 2.05) is 6.07 Å². The fraction of sp³-hybridized carbons (Fsp3) is 0.261. The van der Waals surface area contributed by atoms with Crippen LogP contribution in [0, 0.1) is 5.82 Å². The zero-order valence-corrected chi connectivity index (χ0v) is 18.4. The van der Waals surface area contributed by atoms with Crippen LogP contribution in [0.5, 0.6) is 5.75 Å². The number of rotatable bonds is 7. The molecule has 1 unspecified atom stereocenters. The Bertz CT molecular complexity index is 1010. The fourth-order valence-electron chi connectivity index (χ4n) is 2.77. The number of benzene rings is 2. The van der Waals surface area contributed by atoms with E-state index in [4.69, 9.17) is 0 Å². The van der Waals surface area contributed by atoms with Crippen molar-refractivity contribution in [2.75, 3.05) is 11.0 Å². The highest BCUT2D eigenvalue weighted by Crippen LogP contribution is 2.28. The van der Waals surface area contributed by atoms with Crippen LogP contribution in [0.3, 0.4) is 0 Å². The van der Waals surface area contributed by atoms with Crippen LogP contribution in [0.15, 0.2) is 43.0 Å². The second-order valence-corrected chi connectivity index (χ2v) is 8.99. The van der Waals surface area contributed by atoms with Gasteiger partial charge in [0, 0.05) is 30.0 Å². The monoisotopic (exact) mass is 430 g/mol. The molecule has 0 fully saturated rings. The molecule has 3 N–H and O–H groups in total. The van der Waals surface area contributed by atoms with Crippen LogP contribution in [0.4, 0.5) is 10.1 Å². The van der Waals surface area contributed by atoms with Crippen molar-refractivity contribution < 1.29 is 18.5 Å². The summed E-state index contributed by atoms with van der Waals surface area (Å²) in [7, 11) is -1.42. The summed E-state index contributed by atoms with van der Waals surface area (Å²) in [6.07, 6.45) is 5.69. The number of aromatic hydroxyl groups is 1. The topological polar surface area (TPSA) is 78.4 Å². The quantitative estimate of drug-likeness (QED) is 0.566. The highest BCUT2D eigenvalue weighted by molar-refractivity contribution is 7.85. The summed E-state index contributed by atoms with van der Waals surface area (Å²) < 4.78 is 28.2. The molecule has 0 heterocycles. The van der Waals surface area contributed by atoms with E-state index in [0.717, 1.165) is 5.56 Å². The Hall–Kier alpha value is -2.93. The van der Waals surface area contributed by atoms with Gasteiger partial charge in [-0.2, -0.15) is 0 Å². The van der Waals surface area contributed by atoms with Crippen molar-refractivity contribution >= 4 is 34.7 Å². The minimum absolute atomic E-state index is 0.0894. The number of anilines is 1. The van der Waals surface area contributed by atoms with Crippen LogP contribution in [0.2, 0.25) is 0 Å². The normalized spacial score (nSPS) is 12.6. The molecule has 0 aliphatic rings. The van der Waals surface area contributed by atoms with Crippen LogP contribution in [0.25, 0.3) is 12.2 Å². The lowest BCUT2D eigenvalue weighted by atomic mass is 9.86. The van der Waals surface area contributed by atoms with Gasteiger partial charge in [0.15, 0.2) is 0 Å². The summed E-state index contributed by atoms with van der Waals surface area (Å²) in [5.74, 6) is -0.862. The first-order valence-electron chi connectivity index (χ1n) is 9.35. The van der Waals surface area contributed by atoms with Crippen molar-refractivity contribution in [2.24, 2.45) is 0 Å². The van der Waals surface area contributed by atoms with E-state index in [2.05, 4.69) is 37.4 Å². The molecule has 1 atom stereocenters. The van der Waals surface area contributed by atoms with Crippen LogP contribution in [-0.2, 0) is 27.7 Å². The van der Waals surface area contributed by atoms with Gasteiger partial charge >= 0.3 is 0 Å². The number of amides is 1. The molecule has 0 saturated carbocycles. The van der Waals surface area contributed by atoms with Crippen molar-refractivity contribution in [1.82, 2.24) is 5.32 Å². The van der Waals surface area contributed by atoms with E-state index < -0.39 is 16.8 Å². The summed E-state index contributed by atoms with van der Waals surface area (Å²) in [5, 5.41) is 12.9. The SMILES string of the molecule is C=Cc1cc(CNC(=O)/C=C/c2ccc(C(C)(C)C)cc2O)cc(F)c1NS(C)=O. The van der Waals surface area contributed by atoms with E-state index in [-0.39, 0.29) is 29.3 Å². The van der Waals surface area contributed by atoms with Crippen LogP contribution < -0.4 is 10.0 Å². The highest BCUT2D eigenvalue weighted by Gasteiger charge is 2.15. The molecular formula is C23H27FN2O3S. The molecule has 0 aromatic heterocycles. The Kier molecular flexibility index (Phi) is 7.56. The first kappa shape index (κ1) is 23.3. The molecule has 0 aliphatic heterocycles. The molecule has 5 nitrogen and oxygen atoms in total. The number of phenolic OH excluding ortho intramolecular Hbond substituents is 1. The van der Waals surface area contributed by atoms with Crippen molar-refractivity contribution in [3.63, 3.8) is 0 Å². The molecule has 0 bridgehead atoms. The maximum absolute atomic E-state index is 14.3. The van der Waals surface area contributed by atoms with E-state index in [9.17, 15) is 18.5 Å². The van der Waals surface area contributed by atoms with E-state index >= 15 is 0 Å². The summed E-state index contributed by atoms with van der Waals surface area (Å²) >= 11 is 0. The van der Waals surface area contributed by atoms with Gasteiger partial charge in [0.25, 0.3) is 0 Å². The first-order valence-corrected chi connectivity index (χ1v) is 10.9. The smallest absolute Gasteiger partial charge is 0.244 e. The van der Waals surface area contributed by atoms with Crippen LogP contribution in [0.1, 0.15) is 43.0 Å². The Morgan fingerprint density at radius 2 is 1.93 bits per heavy atom. The van der Waals surface area contributed by atoms with Gasteiger partial charge in [0.1, 0.15) is 22.6 Å². The molecule has 0 saturated heterocycles. The second kappa shape index (κ2) is 9.71. The largest absolute Gasteiger partial charge is 0.507 e. The molecule has 2 rings (SSSR count). The second-order valence-electron chi connectivity index (χ2n) is 7.88. The highest BCUT2D eigenvalue weighted by atomic mass is 32.2. The molecule has 1 amide bonds. The zero-order chi connectivity index (χ0) is 22.5. The summed E-state index contributed by atoms with van der Waals surface area (Å²) in [4.78, 5) is 12.1. The lowest BCUT2D eigenvalue weighted by Gasteiger charge is -2.19. The standard InChI is InChI=1S/C23H27FN2O3S/c1-6-16-11-15(12-19(24)22(16)26-30(5)29)14-25-21(28)10-8-17-7-9-18(13-20(17)27)23(2,3)4/h6-13,26-27H,1,14H2,2-5H3,(H,25,28)/b10-8+. The number of carbonyl (C=O) groups excluding carboxylic acids is 1. The van der Waals surface area contributed by atoms with Crippen molar-refractivity contribution in [2.45, 2.75) is 32.7 Å². The van der Waals surface area contributed by atoms with Crippen molar-refractivity contribution in [3.8, 4) is 5.75 Å². The van der Waals surface area contributed by atoms with Gasteiger partial charge < -0.3 is 15.1 Å². The Labute approximate surface area is 179 Å². The molecular weight excluding hydrogens is 403 g/mol. The van der Waals surface area contributed by atoms with Gasteiger partial charge in [0.2, 0.25) is 5.91 Å². The van der Waals surface area contributed by atoms with Gasteiger partial charge in [-0.15, -0.1) is 0 Å². The Morgan fingerprint density at radius 3 is 2.50 bits per heavy atom. The van der Waals surface area contributed by atoms with Gasteiger partial charge in [-0.25, -0.2) is 8.60 Å². The molecule has 160 valence electrons. The maximum Gasteiger partial charge on any atom is 0.244 e. The molecule has 7 heteroatoms. The molecule has 0 spiro atoms. The van der Waals surface area contributed by atoms with Crippen LogP contribution in [-0.4, -0.2) is 21.5 Å². The minimum atomic E-state index is -1.42. The summed E-state index contributed by atoms with van der Waals surface area (Å²) in [5.41, 5.74) is 2.53. The van der Waals surface area contributed by atoms with Gasteiger partial charge in [-0.05, 0) is 40.8 Å². The predicted molar refractivity (Wildman–Crippen MR) is 122 cm³/mol. The average Bonchev–Trinajstić information content (AvgIpc) is 2.66. The zero-order valence-electron chi connectivity index (χ0n) is 17.6. The molecule has 0 aliphatic carbocycles. The average molecular weight is 431 g/mol. The number of phenols is 1. The van der Waals surface area contributed by atoms with E-state index in [1.165, 1.54) is 30.6 Å². The molecule has 2 aromatic carbocycles. The van der Waals surface area contributed by atoms with Crippen molar-refractivity contribution in [1.29, 1.82) is 0 Å². The Balaban J connectivity index is 2.07. The number of nitrogens with one attached hydrogen (secondary N) is 2. The van der Waals surface area contributed by atoms with Gasteiger partial charge in [-0.3, -0.25) is 4.79 Å². The third-order valence-corrected chi connectivity index (χ3v) is 4.92. The maximum atomic E-state index is 14.3. The molecule has 2 aromatic rings. The third-order valence-electron chi connectivity index (χ3n) is 4.42. The third kappa shape index (κ3) is 6.29. The summed E-state index contributed by atoms with van der Waals surface area (Å²) in [6.45, 7) is 9.90. The lowest BCUT2D eigenvalue weighted by molar-refractivity contribution is -0.116. The number of carbonyl (C=O) groups is 1. The van der Waals surface area contributed by atoms with Gasteiger partial charge in [-0.1, -0.05) is 45.6 Å². The van der Waals surface area contributed by atoms with E-state index in [0.29, 0.717) is 16.7 Å². The molecule has 0 radical (unpaired) electrons. The Morgan fingerprint density at radius 1 is 1.23 bits per heavy atom. The first-order chi connectivity index (χ1) is 14.0. The van der Waals surface area contributed by atoms with Crippen LogP contribution >= 0.6 is 0 Å². The molecule has 30 heavy (non-hydrogen) atoms.